The first kappa shape index (κ1) is 18.7. The number of ether oxygens (including phenoxy) is 1. The Morgan fingerprint density at radius 1 is 1.38 bits per heavy atom. The maximum atomic E-state index is 12.8. The molecule has 134 valence electrons. The molecule has 0 aromatic heterocycles. The average Bonchev–Trinajstić information content (AvgIpc) is 2.97. The van der Waals surface area contributed by atoms with Crippen LogP contribution >= 0.6 is 0 Å². The van der Waals surface area contributed by atoms with E-state index in [2.05, 4.69) is 4.90 Å². The number of rotatable bonds is 7. The number of hydrogen-bond donors (Lipinski definition) is 2. The summed E-state index contributed by atoms with van der Waals surface area (Å²) in [7, 11) is 3.70. The fourth-order valence-corrected chi connectivity index (χ4v) is 3.28. The minimum absolute atomic E-state index is 0.0750. The highest BCUT2D eigenvalue weighted by Gasteiger charge is 2.36. The highest BCUT2D eigenvalue weighted by molar-refractivity contribution is 5.96. The van der Waals surface area contributed by atoms with Gasteiger partial charge in [-0.1, -0.05) is 6.07 Å². The topological polar surface area (TPSA) is 73.2 Å². The number of hydrogen-bond acceptors (Lipinski definition) is 5. The Morgan fingerprint density at radius 2 is 2.08 bits per heavy atom. The number of carbonyl (C=O) groups is 1. The molecule has 6 heteroatoms. The molecule has 0 radical (unpaired) electrons. The van der Waals surface area contributed by atoms with Crippen molar-refractivity contribution >= 4 is 5.91 Å². The predicted molar refractivity (Wildman–Crippen MR) is 92.2 cm³/mol. The second-order valence-electron chi connectivity index (χ2n) is 6.62. The van der Waals surface area contributed by atoms with Crippen molar-refractivity contribution in [1.82, 2.24) is 9.80 Å². The van der Waals surface area contributed by atoms with Crippen molar-refractivity contribution < 1.29 is 19.7 Å². The Hall–Kier alpha value is -1.63. The van der Waals surface area contributed by atoms with Crippen LogP contribution in [0.2, 0.25) is 0 Å². The maximum absolute atomic E-state index is 12.8. The van der Waals surface area contributed by atoms with E-state index in [4.69, 9.17) is 4.74 Å². The SMILES string of the molecule is COCCN(C)CC1CN(C(=O)c2cccc(O)c2C)CC1CO. The molecule has 1 fully saturated rings. The molecular weight excluding hydrogens is 308 g/mol. The first-order valence-corrected chi connectivity index (χ1v) is 8.34. The molecular formula is C18H28N2O4. The van der Waals surface area contributed by atoms with Crippen LogP contribution in [-0.4, -0.2) is 79.5 Å². The van der Waals surface area contributed by atoms with Gasteiger partial charge in [0.1, 0.15) is 5.75 Å². The van der Waals surface area contributed by atoms with E-state index in [0.717, 1.165) is 13.1 Å². The molecule has 0 saturated carbocycles. The molecule has 1 aliphatic heterocycles. The van der Waals surface area contributed by atoms with Crippen LogP contribution in [0.3, 0.4) is 0 Å². The van der Waals surface area contributed by atoms with Crippen LogP contribution in [0.1, 0.15) is 15.9 Å². The quantitative estimate of drug-likeness (QED) is 0.776. The Kier molecular flexibility index (Phi) is 6.60. The molecule has 24 heavy (non-hydrogen) atoms. The summed E-state index contributed by atoms with van der Waals surface area (Å²) in [5.74, 6) is 0.369. The van der Waals surface area contributed by atoms with E-state index in [0.29, 0.717) is 30.8 Å². The summed E-state index contributed by atoms with van der Waals surface area (Å²) in [6, 6.07) is 5.01. The predicted octanol–water partition coefficient (Wildman–Crippen LogP) is 0.959. The largest absolute Gasteiger partial charge is 0.508 e. The second-order valence-corrected chi connectivity index (χ2v) is 6.62. The maximum Gasteiger partial charge on any atom is 0.254 e. The summed E-state index contributed by atoms with van der Waals surface area (Å²) in [6.07, 6.45) is 0. The Labute approximate surface area is 143 Å². The zero-order valence-electron chi connectivity index (χ0n) is 14.7. The minimum atomic E-state index is -0.0797. The van der Waals surface area contributed by atoms with E-state index in [1.165, 1.54) is 0 Å². The fraction of sp³-hybridized carbons (Fsp3) is 0.611. The second kappa shape index (κ2) is 8.46. The van der Waals surface area contributed by atoms with Gasteiger partial charge in [0.05, 0.1) is 6.61 Å². The molecule has 1 amide bonds. The van der Waals surface area contributed by atoms with Crippen molar-refractivity contribution in [2.24, 2.45) is 11.8 Å². The van der Waals surface area contributed by atoms with Gasteiger partial charge in [-0.25, -0.2) is 0 Å². The third-order valence-electron chi connectivity index (χ3n) is 4.86. The van der Waals surface area contributed by atoms with Gasteiger partial charge in [-0.3, -0.25) is 4.79 Å². The number of likely N-dealkylation sites (tertiary alicyclic amines) is 1. The molecule has 1 aromatic carbocycles. The monoisotopic (exact) mass is 336 g/mol. The fourth-order valence-electron chi connectivity index (χ4n) is 3.28. The number of phenolic OH excluding ortho intramolecular Hbond substituents is 1. The molecule has 1 heterocycles. The van der Waals surface area contributed by atoms with Crippen LogP contribution < -0.4 is 0 Å². The Balaban J connectivity index is 2.05. The van der Waals surface area contributed by atoms with Crippen LogP contribution in [0.5, 0.6) is 5.75 Å². The number of nitrogens with zero attached hydrogens (tertiary/aromatic N) is 2. The normalized spacial score (nSPS) is 20.8. The van der Waals surface area contributed by atoms with Crippen LogP contribution in [0.15, 0.2) is 18.2 Å². The van der Waals surface area contributed by atoms with Crippen LogP contribution in [-0.2, 0) is 4.74 Å². The average molecular weight is 336 g/mol. The van der Waals surface area contributed by atoms with Crippen molar-refractivity contribution in [1.29, 1.82) is 0 Å². The summed E-state index contributed by atoms with van der Waals surface area (Å²) in [5.41, 5.74) is 1.13. The molecule has 6 nitrogen and oxygen atoms in total. The third kappa shape index (κ3) is 4.26. The first-order valence-electron chi connectivity index (χ1n) is 8.34. The molecule has 2 rings (SSSR count). The number of likely N-dealkylation sites (N-methyl/N-ethyl adjacent to an activating group) is 1. The van der Waals surface area contributed by atoms with Gasteiger partial charge in [-0.2, -0.15) is 0 Å². The van der Waals surface area contributed by atoms with Crippen molar-refractivity contribution in [2.45, 2.75) is 6.92 Å². The van der Waals surface area contributed by atoms with Gasteiger partial charge < -0.3 is 24.7 Å². The summed E-state index contributed by atoms with van der Waals surface area (Å²) in [5, 5.41) is 19.5. The minimum Gasteiger partial charge on any atom is -0.508 e. The molecule has 0 bridgehead atoms. The van der Waals surface area contributed by atoms with Gasteiger partial charge >= 0.3 is 0 Å². The van der Waals surface area contributed by atoms with E-state index in [1.807, 2.05) is 7.05 Å². The van der Waals surface area contributed by atoms with Gasteiger partial charge in [-0.15, -0.1) is 0 Å². The summed E-state index contributed by atoms with van der Waals surface area (Å²) < 4.78 is 5.09. The number of phenols is 1. The zero-order valence-corrected chi connectivity index (χ0v) is 14.7. The van der Waals surface area contributed by atoms with Crippen molar-refractivity contribution in [2.75, 3.05) is 53.6 Å². The summed E-state index contributed by atoms with van der Waals surface area (Å²) >= 11 is 0. The van der Waals surface area contributed by atoms with E-state index in [-0.39, 0.29) is 30.1 Å². The van der Waals surface area contributed by atoms with Gasteiger partial charge in [0.2, 0.25) is 0 Å². The molecule has 1 saturated heterocycles. The number of aliphatic hydroxyl groups excluding tert-OH is 1. The van der Waals surface area contributed by atoms with Crippen molar-refractivity contribution in [3.63, 3.8) is 0 Å². The Bertz CT molecular complexity index is 564. The summed E-state index contributed by atoms with van der Waals surface area (Å²) in [6.45, 7) is 5.30. The smallest absolute Gasteiger partial charge is 0.254 e. The number of benzene rings is 1. The van der Waals surface area contributed by atoms with E-state index < -0.39 is 0 Å². The molecule has 0 aliphatic carbocycles. The molecule has 0 spiro atoms. The number of amides is 1. The molecule has 2 N–H and O–H groups in total. The zero-order chi connectivity index (χ0) is 17.7. The van der Waals surface area contributed by atoms with E-state index in [1.54, 1.807) is 37.1 Å². The van der Waals surface area contributed by atoms with Gasteiger partial charge in [0, 0.05) is 56.9 Å². The Morgan fingerprint density at radius 3 is 2.75 bits per heavy atom. The third-order valence-corrected chi connectivity index (χ3v) is 4.86. The number of methoxy groups -OCH3 is 1. The van der Waals surface area contributed by atoms with Crippen molar-refractivity contribution in [3.05, 3.63) is 29.3 Å². The molecule has 1 aromatic rings. The van der Waals surface area contributed by atoms with Crippen LogP contribution in [0.25, 0.3) is 0 Å². The van der Waals surface area contributed by atoms with E-state index in [9.17, 15) is 15.0 Å². The van der Waals surface area contributed by atoms with Crippen LogP contribution in [0.4, 0.5) is 0 Å². The lowest BCUT2D eigenvalue weighted by molar-refractivity contribution is 0.0777. The van der Waals surface area contributed by atoms with Crippen LogP contribution in [0, 0.1) is 18.8 Å². The number of aliphatic hydroxyl groups is 1. The van der Waals surface area contributed by atoms with Gasteiger partial charge in [-0.05, 0) is 32.0 Å². The summed E-state index contributed by atoms with van der Waals surface area (Å²) in [4.78, 5) is 16.7. The highest BCUT2D eigenvalue weighted by Crippen LogP contribution is 2.27. The highest BCUT2D eigenvalue weighted by atomic mass is 16.5. The van der Waals surface area contributed by atoms with Gasteiger partial charge in [0.15, 0.2) is 0 Å². The van der Waals surface area contributed by atoms with Gasteiger partial charge in [0.25, 0.3) is 5.91 Å². The van der Waals surface area contributed by atoms with Crippen molar-refractivity contribution in [3.8, 4) is 5.75 Å². The first-order chi connectivity index (χ1) is 11.5. The molecule has 2 atom stereocenters. The van der Waals surface area contributed by atoms with E-state index >= 15 is 0 Å². The molecule has 1 aliphatic rings. The lowest BCUT2D eigenvalue weighted by Gasteiger charge is -2.23. The number of carbonyl (C=O) groups excluding carboxylic acids is 1. The standard InChI is InChI=1S/C18H28N2O4/c1-13-16(5-4-6-17(13)22)18(23)20-10-14(15(11-20)12-21)9-19(2)7-8-24-3/h4-6,14-15,21-22H,7-12H2,1-3H3. The molecule has 2 unspecified atom stereocenters. The number of aromatic hydroxyl groups is 1. The lowest BCUT2D eigenvalue weighted by Crippen LogP contribution is -2.34. The lowest BCUT2D eigenvalue weighted by atomic mass is 9.96.